The molecule has 1 heterocycles. The summed E-state index contributed by atoms with van der Waals surface area (Å²) in [7, 11) is 0. The van der Waals surface area contributed by atoms with E-state index in [1.807, 2.05) is 18.2 Å². The summed E-state index contributed by atoms with van der Waals surface area (Å²) in [5, 5.41) is 6.23. The van der Waals surface area contributed by atoms with Gasteiger partial charge in [-0.2, -0.15) is 0 Å². The van der Waals surface area contributed by atoms with Gasteiger partial charge in [-0.1, -0.05) is 17.7 Å². The molecule has 0 saturated heterocycles. The maximum absolute atomic E-state index is 14.6. The van der Waals surface area contributed by atoms with E-state index in [0.29, 0.717) is 23.6 Å². The molecule has 0 spiro atoms. The molecule has 1 aliphatic heterocycles. The van der Waals surface area contributed by atoms with Crippen LogP contribution < -0.4 is 10.6 Å². The van der Waals surface area contributed by atoms with Crippen molar-refractivity contribution in [2.45, 2.75) is 30.0 Å². The quantitative estimate of drug-likeness (QED) is 0.732. The Bertz CT molecular complexity index is 755. The van der Waals surface area contributed by atoms with Crippen molar-refractivity contribution in [2.75, 3.05) is 11.9 Å². The van der Waals surface area contributed by atoms with Gasteiger partial charge in [-0.3, -0.25) is 4.79 Å². The molecule has 0 bridgehead atoms. The molecule has 0 radical (unpaired) electrons. The number of carbonyl (C=O) groups excluding carboxylic acids is 1. The van der Waals surface area contributed by atoms with Crippen LogP contribution in [-0.2, 0) is 17.8 Å². The summed E-state index contributed by atoms with van der Waals surface area (Å²) in [5.41, 5.74) is 1.91. The molecular formula is C18H19Cl2FN2OS. The standard InChI is InChI=1S/C18H18ClFN2OS.ClH/c1-11(24-14-5-3-13(19)4-6-14)18(23)22-16-7-2-12-10-21-9-8-15(12)17(16)20;/h2-7,11,21H,8-10H2,1H3,(H,22,23);1H. The fourth-order valence-corrected chi connectivity index (χ4v) is 3.63. The second-order valence-electron chi connectivity index (χ2n) is 5.69. The maximum Gasteiger partial charge on any atom is 0.237 e. The fourth-order valence-electron chi connectivity index (χ4n) is 2.64. The molecule has 0 saturated carbocycles. The molecular weight excluding hydrogens is 382 g/mol. The Kier molecular flexibility index (Phi) is 7.14. The smallest absolute Gasteiger partial charge is 0.237 e. The van der Waals surface area contributed by atoms with Crippen LogP contribution in [0.15, 0.2) is 41.3 Å². The van der Waals surface area contributed by atoms with Gasteiger partial charge in [0.1, 0.15) is 5.82 Å². The zero-order chi connectivity index (χ0) is 17.1. The number of benzene rings is 2. The van der Waals surface area contributed by atoms with Gasteiger partial charge in [0, 0.05) is 16.5 Å². The molecule has 2 N–H and O–H groups in total. The van der Waals surface area contributed by atoms with Gasteiger partial charge >= 0.3 is 0 Å². The van der Waals surface area contributed by atoms with Gasteiger partial charge in [-0.25, -0.2) is 4.39 Å². The van der Waals surface area contributed by atoms with Gasteiger partial charge in [0.25, 0.3) is 0 Å². The predicted octanol–water partition coefficient (Wildman–Crippen LogP) is 4.67. The molecule has 134 valence electrons. The second kappa shape index (κ2) is 8.90. The number of nitrogens with one attached hydrogen (secondary N) is 2. The van der Waals surface area contributed by atoms with Gasteiger partial charge in [-0.05, 0) is 61.3 Å². The normalized spacial score (nSPS) is 14.2. The Morgan fingerprint density at radius 3 is 2.72 bits per heavy atom. The van der Waals surface area contributed by atoms with Gasteiger partial charge in [0.2, 0.25) is 5.91 Å². The Labute approximate surface area is 162 Å². The minimum absolute atomic E-state index is 0. The van der Waals surface area contributed by atoms with E-state index in [1.54, 1.807) is 25.1 Å². The molecule has 0 aromatic heterocycles. The topological polar surface area (TPSA) is 41.1 Å². The summed E-state index contributed by atoms with van der Waals surface area (Å²) in [6.45, 7) is 3.22. The third-order valence-corrected chi connectivity index (χ3v) is 5.32. The average molecular weight is 401 g/mol. The van der Waals surface area contributed by atoms with E-state index in [9.17, 15) is 9.18 Å². The Hall–Kier alpha value is -1.27. The largest absolute Gasteiger partial charge is 0.323 e. The van der Waals surface area contributed by atoms with Crippen molar-refractivity contribution in [1.29, 1.82) is 0 Å². The molecule has 7 heteroatoms. The van der Waals surface area contributed by atoms with Crippen LogP contribution in [-0.4, -0.2) is 17.7 Å². The minimum atomic E-state index is -0.344. The van der Waals surface area contributed by atoms with Crippen molar-refractivity contribution in [3.8, 4) is 0 Å². The van der Waals surface area contributed by atoms with Crippen molar-refractivity contribution in [2.24, 2.45) is 0 Å². The highest BCUT2D eigenvalue weighted by molar-refractivity contribution is 8.00. The van der Waals surface area contributed by atoms with Crippen LogP contribution in [0.3, 0.4) is 0 Å². The molecule has 1 aliphatic rings. The van der Waals surface area contributed by atoms with Gasteiger partial charge < -0.3 is 10.6 Å². The highest BCUT2D eigenvalue weighted by atomic mass is 35.5. The predicted molar refractivity (Wildman–Crippen MR) is 104 cm³/mol. The van der Waals surface area contributed by atoms with E-state index in [0.717, 1.165) is 17.0 Å². The van der Waals surface area contributed by atoms with E-state index in [2.05, 4.69) is 10.6 Å². The number of halogens is 3. The molecule has 3 rings (SSSR count). The number of carbonyl (C=O) groups is 1. The Balaban J connectivity index is 0.00000225. The third kappa shape index (κ3) is 4.88. The summed E-state index contributed by atoms with van der Waals surface area (Å²) >= 11 is 7.27. The molecule has 25 heavy (non-hydrogen) atoms. The first kappa shape index (κ1) is 20.0. The number of amides is 1. The van der Waals surface area contributed by atoms with Gasteiger partial charge in [0.05, 0.1) is 10.9 Å². The first-order valence-corrected chi connectivity index (χ1v) is 9.04. The second-order valence-corrected chi connectivity index (χ2v) is 7.55. The molecule has 0 aliphatic carbocycles. The van der Waals surface area contributed by atoms with Crippen LogP contribution in [0.5, 0.6) is 0 Å². The van der Waals surface area contributed by atoms with Gasteiger partial charge in [-0.15, -0.1) is 24.2 Å². The lowest BCUT2D eigenvalue weighted by Crippen LogP contribution is -2.26. The van der Waals surface area contributed by atoms with Crippen molar-refractivity contribution in [1.82, 2.24) is 5.32 Å². The van der Waals surface area contributed by atoms with E-state index in [-0.39, 0.29) is 35.1 Å². The average Bonchev–Trinajstić information content (AvgIpc) is 2.59. The lowest BCUT2D eigenvalue weighted by atomic mass is 9.99. The zero-order valence-corrected chi connectivity index (χ0v) is 16.0. The monoisotopic (exact) mass is 400 g/mol. The number of rotatable bonds is 4. The van der Waals surface area contributed by atoms with E-state index < -0.39 is 0 Å². The zero-order valence-electron chi connectivity index (χ0n) is 13.6. The van der Waals surface area contributed by atoms with E-state index in [4.69, 9.17) is 11.6 Å². The highest BCUT2D eigenvalue weighted by Gasteiger charge is 2.20. The van der Waals surface area contributed by atoms with Crippen LogP contribution >= 0.6 is 35.8 Å². The number of hydrogen-bond acceptors (Lipinski definition) is 3. The summed E-state index contributed by atoms with van der Waals surface area (Å²) in [5.74, 6) is -0.534. The minimum Gasteiger partial charge on any atom is -0.323 e. The van der Waals surface area contributed by atoms with Crippen molar-refractivity contribution >= 4 is 47.4 Å². The lowest BCUT2D eigenvalue weighted by Gasteiger charge is -2.20. The first-order chi connectivity index (χ1) is 11.5. The Morgan fingerprint density at radius 2 is 2.00 bits per heavy atom. The lowest BCUT2D eigenvalue weighted by molar-refractivity contribution is -0.115. The molecule has 2 aromatic rings. The summed E-state index contributed by atoms with van der Waals surface area (Å²) in [4.78, 5) is 13.3. The van der Waals surface area contributed by atoms with E-state index in [1.165, 1.54) is 11.8 Å². The van der Waals surface area contributed by atoms with E-state index >= 15 is 0 Å². The molecule has 0 fully saturated rings. The summed E-state index contributed by atoms with van der Waals surface area (Å²) in [6, 6.07) is 10.8. The fraction of sp³-hybridized carbons (Fsp3) is 0.278. The molecule has 3 nitrogen and oxygen atoms in total. The van der Waals surface area contributed by atoms with Crippen LogP contribution in [0, 0.1) is 5.82 Å². The van der Waals surface area contributed by atoms with Crippen molar-refractivity contribution in [3.63, 3.8) is 0 Å². The molecule has 1 atom stereocenters. The number of anilines is 1. The number of fused-ring (bicyclic) bond motifs is 1. The number of thioether (sulfide) groups is 1. The summed E-state index contributed by atoms with van der Waals surface area (Å²) < 4.78 is 14.6. The molecule has 1 unspecified atom stereocenters. The highest BCUT2D eigenvalue weighted by Crippen LogP contribution is 2.28. The van der Waals surface area contributed by atoms with Crippen LogP contribution in [0.25, 0.3) is 0 Å². The SMILES string of the molecule is CC(Sc1ccc(Cl)cc1)C(=O)Nc1ccc2c(c1F)CCNC2.Cl. The van der Waals surface area contributed by atoms with Crippen LogP contribution in [0.1, 0.15) is 18.1 Å². The van der Waals surface area contributed by atoms with Crippen LogP contribution in [0.2, 0.25) is 5.02 Å². The maximum atomic E-state index is 14.6. The Morgan fingerprint density at radius 1 is 1.28 bits per heavy atom. The van der Waals surface area contributed by atoms with Gasteiger partial charge in [0.15, 0.2) is 0 Å². The van der Waals surface area contributed by atoms with Crippen molar-refractivity contribution in [3.05, 3.63) is 58.4 Å². The van der Waals surface area contributed by atoms with Crippen LogP contribution in [0.4, 0.5) is 10.1 Å². The molecule has 2 aromatic carbocycles. The number of hydrogen-bond donors (Lipinski definition) is 2. The third-order valence-electron chi connectivity index (χ3n) is 3.96. The van der Waals surface area contributed by atoms with Crippen molar-refractivity contribution < 1.29 is 9.18 Å². The first-order valence-electron chi connectivity index (χ1n) is 7.78. The summed E-state index contributed by atoms with van der Waals surface area (Å²) in [6.07, 6.45) is 0.639. The molecule has 1 amide bonds.